The van der Waals surface area contributed by atoms with Crippen molar-refractivity contribution in [3.05, 3.63) is 0 Å². The van der Waals surface area contributed by atoms with Gasteiger partial charge in [-0.15, -0.1) is 0 Å². The molecule has 38 heavy (non-hydrogen) atoms. The van der Waals surface area contributed by atoms with Gasteiger partial charge < -0.3 is 0 Å². The van der Waals surface area contributed by atoms with Gasteiger partial charge in [-0.2, -0.15) is 79.3 Å². The van der Waals surface area contributed by atoms with Crippen LogP contribution in [0.2, 0.25) is 0 Å². The number of hydrogen-bond donors (Lipinski definition) is 2. The summed E-state index contributed by atoms with van der Waals surface area (Å²) >= 11 is 0. The van der Waals surface area contributed by atoms with E-state index in [2.05, 4.69) is 0 Å². The summed E-state index contributed by atoms with van der Waals surface area (Å²) in [4.78, 5) is 0. The van der Waals surface area contributed by atoms with Crippen molar-refractivity contribution >= 4 is 10.0 Å². The van der Waals surface area contributed by atoms with Crippen LogP contribution in [0.3, 0.4) is 0 Å². The molecule has 0 unspecified atom stereocenters. The molecule has 0 aromatic rings. The summed E-state index contributed by atoms with van der Waals surface area (Å²) in [5.74, 6) is -59.8. The van der Waals surface area contributed by atoms with Gasteiger partial charge in [0.15, 0.2) is 0 Å². The van der Waals surface area contributed by atoms with Crippen LogP contribution in [0.4, 0.5) is 74.6 Å². The van der Waals surface area contributed by atoms with Crippen molar-refractivity contribution in [2.24, 2.45) is 0 Å². The molecule has 5 nitrogen and oxygen atoms in total. The van der Waals surface area contributed by atoms with Crippen LogP contribution in [-0.2, 0) is 10.0 Å². The second kappa shape index (κ2) is 10.2. The van der Waals surface area contributed by atoms with Gasteiger partial charge in [0.1, 0.15) is 6.54 Å². The highest BCUT2D eigenvalue weighted by Crippen LogP contribution is 2.64. The molecule has 0 heterocycles. The second-order valence-electron chi connectivity index (χ2n) is 8.31. The molecule has 2 N–H and O–H groups in total. The highest BCUT2D eigenvalue weighted by atomic mass is 32.2. The SMILES string of the molecule is C[N+](C)(O)CCCNS(=O)(=O)CCC(F)(F)C(F)(F)C(F)(F)C(F)(F)C(F)(F)C(F)(F)C(F)(F)C(F)(F)F. The van der Waals surface area contributed by atoms with Crippen LogP contribution in [-0.4, -0.2) is 98.8 Å². The number of halogens is 17. The van der Waals surface area contributed by atoms with E-state index in [1.165, 1.54) is 18.8 Å². The van der Waals surface area contributed by atoms with Crippen molar-refractivity contribution < 1.29 is 92.9 Å². The first-order chi connectivity index (χ1) is 16.2. The lowest BCUT2D eigenvalue weighted by Gasteiger charge is -2.42. The largest absolute Gasteiger partial charge is 0.460 e. The maximum atomic E-state index is 13.8. The maximum absolute atomic E-state index is 13.8. The Hall–Kier alpha value is -1.36. The van der Waals surface area contributed by atoms with Gasteiger partial charge in [0, 0.05) is 19.4 Å². The predicted octanol–water partition coefficient (Wildman–Crippen LogP) is 5.16. The first-order valence-electron chi connectivity index (χ1n) is 9.41. The van der Waals surface area contributed by atoms with E-state index in [-0.39, 0.29) is 13.0 Å². The zero-order chi connectivity index (χ0) is 31.2. The fraction of sp³-hybridized carbons (Fsp3) is 1.00. The molecule has 0 fully saturated rings. The molecule has 0 saturated heterocycles. The summed E-state index contributed by atoms with van der Waals surface area (Å²) in [7, 11) is -2.78. The van der Waals surface area contributed by atoms with Crippen molar-refractivity contribution in [3.63, 3.8) is 0 Å². The Morgan fingerprint density at radius 1 is 0.632 bits per heavy atom. The summed E-state index contributed by atoms with van der Waals surface area (Å²) in [6.07, 6.45) is -11.2. The Balaban J connectivity index is 6.12. The third-order valence-electron chi connectivity index (χ3n) is 4.68. The Morgan fingerprint density at radius 3 is 1.32 bits per heavy atom. The van der Waals surface area contributed by atoms with Crippen molar-refractivity contribution in [1.29, 1.82) is 0 Å². The van der Waals surface area contributed by atoms with Crippen LogP contribution in [0.5, 0.6) is 0 Å². The van der Waals surface area contributed by atoms with Gasteiger partial charge in [-0.05, 0) is 0 Å². The lowest BCUT2D eigenvalue weighted by molar-refractivity contribution is -1.07. The first kappa shape index (κ1) is 36.6. The van der Waals surface area contributed by atoms with E-state index in [4.69, 9.17) is 0 Å². The minimum Gasteiger partial charge on any atom is -0.217 e. The number of hydroxylamine groups is 3. The van der Waals surface area contributed by atoms with Gasteiger partial charge in [-0.25, -0.2) is 18.3 Å². The van der Waals surface area contributed by atoms with Gasteiger partial charge in [-0.1, -0.05) is 0 Å². The molecular weight excluding hydrogens is 611 g/mol. The van der Waals surface area contributed by atoms with Crippen molar-refractivity contribution in [1.82, 2.24) is 4.72 Å². The van der Waals surface area contributed by atoms with Crippen LogP contribution in [0, 0.1) is 0 Å². The average molecular weight is 629 g/mol. The fourth-order valence-electron chi connectivity index (χ4n) is 2.38. The van der Waals surface area contributed by atoms with Crippen molar-refractivity contribution in [3.8, 4) is 0 Å². The molecule has 0 atom stereocenters. The first-order valence-corrected chi connectivity index (χ1v) is 11.1. The highest BCUT2D eigenvalue weighted by molar-refractivity contribution is 7.89. The number of quaternary nitrogens is 1. The lowest BCUT2D eigenvalue weighted by atomic mass is 9.88. The van der Waals surface area contributed by atoms with E-state index in [0.29, 0.717) is 0 Å². The summed E-state index contributed by atoms with van der Waals surface area (Å²) in [5, 5.41) is 9.33. The minimum absolute atomic E-state index is 0.204. The lowest BCUT2D eigenvalue weighted by Crippen LogP contribution is -2.74. The van der Waals surface area contributed by atoms with E-state index < -0.39 is 81.0 Å². The van der Waals surface area contributed by atoms with E-state index in [1.807, 2.05) is 0 Å². The molecule has 0 aromatic heterocycles. The molecule has 0 rings (SSSR count). The molecule has 0 aliphatic rings. The molecular formula is C15H18F17N2O3S+. The molecule has 0 amide bonds. The number of alkyl halides is 17. The number of sulfonamides is 1. The highest BCUT2D eigenvalue weighted by Gasteiger charge is 2.95. The predicted molar refractivity (Wildman–Crippen MR) is 90.5 cm³/mol. The van der Waals surface area contributed by atoms with Crippen molar-refractivity contribution in [2.75, 3.05) is 32.9 Å². The Labute approximate surface area is 202 Å². The number of nitrogens with one attached hydrogen (secondary N) is 1. The van der Waals surface area contributed by atoms with Crippen LogP contribution < -0.4 is 4.72 Å². The maximum Gasteiger partial charge on any atom is 0.460 e. The van der Waals surface area contributed by atoms with Gasteiger partial charge in [0.25, 0.3) is 0 Å². The summed E-state index contributed by atoms with van der Waals surface area (Å²) in [5.41, 5.74) is 0. The monoisotopic (exact) mass is 629 g/mol. The Morgan fingerprint density at radius 2 is 0.974 bits per heavy atom. The third kappa shape index (κ3) is 6.50. The standard InChI is InChI=1S/C15H18F17N2O3S/c1-34(2,35)6-3-5-33-38(36,37)7-4-8(16,17)9(18,19)10(20,21)11(22,23)12(24,25)13(26,27)14(28,29)15(30,31)32/h33,35H,3-7H2,1-2H3/q+1. The topological polar surface area (TPSA) is 66.4 Å². The Kier molecular flexibility index (Phi) is 9.87. The molecule has 230 valence electrons. The molecule has 0 aliphatic heterocycles. The minimum atomic E-state index is -8.74. The molecule has 0 saturated carbocycles. The molecule has 0 bridgehead atoms. The van der Waals surface area contributed by atoms with E-state index >= 15 is 0 Å². The molecule has 0 radical (unpaired) electrons. The number of nitrogens with zero attached hydrogens (tertiary/aromatic N) is 1. The zero-order valence-electron chi connectivity index (χ0n) is 18.6. The van der Waals surface area contributed by atoms with E-state index in [9.17, 15) is 88.3 Å². The second-order valence-corrected chi connectivity index (χ2v) is 10.2. The average Bonchev–Trinajstić information content (AvgIpc) is 2.67. The number of hydrogen-bond acceptors (Lipinski definition) is 3. The van der Waals surface area contributed by atoms with Crippen LogP contribution in [0.25, 0.3) is 0 Å². The smallest absolute Gasteiger partial charge is 0.217 e. The van der Waals surface area contributed by atoms with Gasteiger partial charge in [0.2, 0.25) is 10.0 Å². The summed E-state index contributed by atoms with van der Waals surface area (Å²) in [6, 6.07) is 0. The van der Waals surface area contributed by atoms with Crippen LogP contribution in [0.15, 0.2) is 0 Å². The van der Waals surface area contributed by atoms with Crippen LogP contribution in [0.1, 0.15) is 12.8 Å². The normalized spacial score (nSPS) is 16.2. The van der Waals surface area contributed by atoms with Gasteiger partial charge >= 0.3 is 47.6 Å². The van der Waals surface area contributed by atoms with Gasteiger partial charge in [0.05, 0.1) is 19.8 Å². The zero-order valence-corrected chi connectivity index (χ0v) is 19.4. The fourth-order valence-corrected chi connectivity index (χ4v) is 3.51. The van der Waals surface area contributed by atoms with Crippen molar-refractivity contribution in [2.45, 2.75) is 60.5 Å². The summed E-state index contributed by atoms with van der Waals surface area (Å²) < 4.78 is 248. The van der Waals surface area contributed by atoms with Gasteiger partial charge in [-0.3, -0.25) is 0 Å². The van der Waals surface area contributed by atoms with E-state index in [1.54, 1.807) is 0 Å². The molecule has 0 aromatic carbocycles. The summed E-state index contributed by atoms with van der Waals surface area (Å²) in [6.45, 7) is -0.903. The number of rotatable bonds is 14. The third-order valence-corrected chi connectivity index (χ3v) is 6.06. The molecule has 0 spiro atoms. The quantitative estimate of drug-likeness (QED) is 0.121. The molecule has 0 aliphatic carbocycles. The Bertz CT molecular complexity index is 926. The molecule has 23 heteroatoms. The van der Waals surface area contributed by atoms with E-state index in [0.717, 1.165) is 0 Å². The van der Waals surface area contributed by atoms with Crippen LogP contribution >= 0.6 is 0 Å².